The van der Waals surface area contributed by atoms with Crippen molar-refractivity contribution in [3.63, 3.8) is 0 Å². The van der Waals surface area contributed by atoms with Crippen molar-refractivity contribution in [2.24, 2.45) is 0 Å². The molecule has 2 aromatic carbocycles. The van der Waals surface area contributed by atoms with Crippen LogP contribution in [-0.2, 0) is 24.4 Å². The van der Waals surface area contributed by atoms with Gasteiger partial charge in [0, 0.05) is 18.7 Å². The molecule has 0 saturated heterocycles. The Kier molecular flexibility index (Phi) is 4.95. The lowest BCUT2D eigenvalue weighted by molar-refractivity contribution is 0.00125. The average Bonchev–Trinajstić information content (AvgIpc) is 3.12. The Hall–Kier alpha value is -2.70. The SMILES string of the molecule is COc1ccc(CNCC2Cn3nnc(-c4ccccc4)c3CO2)cc1. The van der Waals surface area contributed by atoms with E-state index in [2.05, 4.69) is 27.8 Å². The number of hydrogen-bond donors (Lipinski definition) is 1. The molecular formula is C20H22N4O2. The van der Waals surface area contributed by atoms with Crippen LogP contribution < -0.4 is 10.1 Å². The fraction of sp³-hybridized carbons (Fsp3) is 0.300. The van der Waals surface area contributed by atoms with Gasteiger partial charge in [-0.1, -0.05) is 47.7 Å². The lowest BCUT2D eigenvalue weighted by Gasteiger charge is -2.24. The number of aromatic nitrogens is 3. The van der Waals surface area contributed by atoms with Gasteiger partial charge in [0.05, 0.1) is 32.1 Å². The Morgan fingerprint density at radius 1 is 1.15 bits per heavy atom. The number of fused-ring (bicyclic) bond motifs is 1. The summed E-state index contributed by atoms with van der Waals surface area (Å²) in [5.41, 5.74) is 4.25. The minimum atomic E-state index is 0.0890. The van der Waals surface area contributed by atoms with Gasteiger partial charge < -0.3 is 14.8 Å². The first-order chi connectivity index (χ1) is 12.8. The number of nitrogens with zero attached hydrogens (tertiary/aromatic N) is 3. The fourth-order valence-electron chi connectivity index (χ4n) is 3.13. The molecule has 1 aliphatic rings. The van der Waals surface area contributed by atoms with Crippen LogP contribution in [0.4, 0.5) is 0 Å². The summed E-state index contributed by atoms with van der Waals surface area (Å²) >= 11 is 0. The molecule has 0 bridgehead atoms. The van der Waals surface area contributed by atoms with Gasteiger partial charge in [0.1, 0.15) is 11.4 Å². The topological polar surface area (TPSA) is 61.2 Å². The molecule has 1 unspecified atom stereocenters. The maximum atomic E-state index is 6.02. The highest BCUT2D eigenvalue weighted by molar-refractivity contribution is 5.61. The maximum absolute atomic E-state index is 6.02. The molecule has 0 fully saturated rings. The van der Waals surface area contributed by atoms with Gasteiger partial charge in [0.25, 0.3) is 0 Å². The normalized spacial score (nSPS) is 16.3. The maximum Gasteiger partial charge on any atom is 0.118 e. The lowest BCUT2D eigenvalue weighted by Crippen LogP contribution is -2.36. The predicted octanol–water partition coefficient (Wildman–Crippen LogP) is 2.64. The molecule has 1 atom stereocenters. The van der Waals surface area contributed by atoms with E-state index >= 15 is 0 Å². The van der Waals surface area contributed by atoms with Crippen molar-refractivity contribution in [2.45, 2.75) is 25.8 Å². The first kappa shape index (κ1) is 16.8. The predicted molar refractivity (Wildman–Crippen MR) is 98.7 cm³/mol. The lowest BCUT2D eigenvalue weighted by atomic mass is 10.1. The van der Waals surface area contributed by atoms with E-state index in [1.54, 1.807) is 7.11 Å². The van der Waals surface area contributed by atoms with E-state index in [9.17, 15) is 0 Å². The molecular weight excluding hydrogens is 328 g/mol. The van der Waals surface area contributed by atoms with Gasteiger partial charge in [-0.2, -0.15) is 0 Å². The van der Waals surface area contributed by atoms with Gasteiger partial charge in [-0.15, -0.1) is 5.10 Å². The largest absolute Gasteiger partial charge is 0.497 e. The number of rotatable bonds is 6. The molecule has 134 valence electrons. The summed E-state index contributed by atoms with van der Waals surface area (Å²) in [4.78, 5) is 0. The van der Waals surface area contributed by atoms with Gasteiger partial charge in [0.2, 0.25) is 0 Å². The average molecular weight is 350 g/mol. The monoisotopic (exact) mass is 350 g/mol. The molecule has 1 aromatic heterocycles. The molecule has 1 N–H and O–H groups in total. The first-order valence-corrected chi connectivity index (χ1v) is 8.76. The highest BCUT2D eigenvalue weighted by Gasteiger charge is 2.24. The van der Waals surface area contributed by atoms with Crippen LogP contribution >= 0.6 is 0 Å². The van der Waals surface area contributed by atoms with E-state index in [4.69, 9.17) is 9.47 Å². The van der Waals surface area contributed by atoms with Crippen LogP contribution in [0.15, 0.2) is 54.6 Å². The van der Waals surface area contributed by atoms with Crippen molar-refractivity contribution >= 4 is 0 Å². The third-order valence-corrected chi connectivity index (χ3v) is 4.58. The van der Waals surface area contributed by atoms with E-state index in [1.165, 1.54) is 5.56 Å². The number of ether oxygens (including phenoxy) is 2. The van der Waals surface area contributed by atoms with Crippen LogP contribution in [0.2, 0.25) is 0 Å². The molecule has 3 aromatic rings. The van der Waals surface area contributed by atoms with E-state index in [0.29, 0.717) is 13.2 Å². The van der Waals surface area contributed by atoms with E-state index < -0.39 is 0 Å². The molecule has 0 aliphatic carbocycles. The summed E-state index contributed by atoms with van der Waals surface area (Å²) in [5, 5.41) is 12.1. The molecule has 4 rings (SSSR count). The summed E-state index contributed by atoms with van der Waals surface area (Å²) in [7, 11) is 1.68. The van der Waals surface area contributed by atoms with E-state index in [-0.39, 0.29) is 6.10 Å². The molecule has 2 heterocycles. The Labute approximate surface area is 152 Å². The summed E-state index contributed by atoms with van der Waals surface area (Å²) in [6, 6.07) is 18.2. The highest BCUT2D eigenvalue weighted by atomic mass is 16.5. The minimum Gasteiger partial charge on any atom is -0.497 e. The van der Waals surface area contributed by atoms with Crippen molar-refractivity contribution in [1.82, 2.24) is 20.3 Å². The van der Waals surface area contributed by atoms with Crippen molar-refractivity contribution in [2.75, 3.05) is 13.7 Å². The van der Waals surface area contributed by atoms with Crippen molar-refractivity contribution in [3.8, 4) is 17.0 Å². The minimum absolute atomic E-state index is 0.0890. The molecule has 0 radical (unpaired) electrons. The number of hydrogen-bond acceptors (Lipinski definition) is 5. The van der Waals surface area contributed by atoms with Crippen molar-refractivity contribution in [3.05, 3.63) is 65.9 Å². The zero-order valence-electron chi connectivity index (χ0n) is 14.8. The van der Waals surface area contributed by atoms with Gasteiger partial charge >= 0.3 is 0 Å². The van der Waals surface area contributed by atoms with Crippen LogP contribution in [0, 0.1) is 0 Å². The third kappa shape index (κ3) is 3.61. The van der Waals surface area contributed by atoms with Crippen LogP contribution in [0.1, 0.15) is 11.3 Å². The second-order valence-corrected chi connectivity index (χ2v) is 6.34. The van der Waals surface area contributed by atoms with E-state index in [0.717, 1.165) is 35.8 Å². The third-order valence-electron chi connectivity index (χ3n) is 4.58. The molecule has 26 heavy (non-hydrogen) atoms. The van der Waals surface area contributed by atoms with E-state index in [1.807, 2.05) is 47.1 Å². The number of nitrogens with one attached hydrogen (secondary N) is 1. The number of methoxy groups -OCH3 is 1. The quantitative estimate of drug-likeness (QED) is 0.741. The molecule has 6 nitrogen and oxygen atoms in total. The summed E-state index contributed by atoms with van der Waals surface area (Å²) in [6.45, 7) is 2.81. The van der Waals surface area contributed by atoms with Gasteiger partial charge in [0.15, 0.2) is 0 Å². The second kappa shape index (κ2) is 7.68. The molecule has 6 heteroatoms. The van der Waals surface area contributed by atoms with Crippen molar-refractivity contribution < 1.29 is 9.47 Å². The zero-order valence-corrected chi connectivity index (χ0v) is 14.8. The van der Waals surface area contributed by atoms with Gasteiger partial charge in [-0.3, -0.25) is 0 Å². The Bertz CT molecular complexity index is 846. The number of benzene rings is 2. The summed E-state index contributed by atoms with van der Waals surface area (Å²) < 4.78 is 13.2. The fourth-order valence-corrected chi connectivity index (χ4v) is 3.13. The molecule has 0 spiro atoms. The van der Waals surface area contributed by atoms with Crippen molar-refractivity contribution in [1.29, 1.82) is 0 Å². The Balaban J connectivity index is 1.33. The standard InChI is InChI=1S/C20H22N4O2/c1-25-17-9-7-15(8-10-17)11-21-12-18-13-24-19(14-26-18)20(22-23-24)16-5-3-2-4-6-16/h2-10,18,21H,11-14H2,1H3. The molecule has 1 aliphatic heterocycles. The van der Waals surface area contributed by atoms with Crippen LogP contribution in [0.5, 0.6) is 5.75 Å². The Morgan fingerprint density at radius 3 is 2.73 bits per heavy atom. The second-order valence-electron chi connectivity index (χ2n) is 6.34. The summed E-state index contributed by atoms with van der Waals surface area (Å²) in [5.74, 6) is 0.872. The van der Waals surface area contributed by atoms with Crippen LogP contribution in [0.25, 0.3) is 11.3 Å². The summed E-state index contributed by atoms with van der Waals surface area (Å²) in [6.07, 6.45) is 0.0890. The van der Waals surface area contributed by atoms with Gasteiger partial charge in [-0.25, -0.2) is 4.68 Å². The Morgan fingerprint density at radius 2 is 1.96 bits per heavy atom. The van der Waals surface area contributed by atoms with Crippen LogP contribution in [-0.4, -0.2) is 34.8 Å². The zero-order chi connectivity index (χ0) is 17.8. The molecule has 0 saturated carbocycles. The smallest absolute Gasteiger partial charge is 0.118 e. The molecule has 0 amide bonds. The first-order valence-electron chi connectivity index (χ1n) is 8.76. The van der Waals surface area contributed by atoms with Gasteiger partial charge in [-0.05, 0) is 17.7 Å². The van der Waals surface area contributed by atoms with Crippen LogP contribution in [0.3, 0.4) is 0 Å². The highest BCUT2D eigenvalue weighted by Crippen LogP contribution is 2.24.